The Hall–Kier alpha value is -2.99. The zero-order valence-electron chi connectivity index (χ0n) is 24.9. The van der Waals surface area contributed by atoms with Crippen LogP contribution in [0.2, 0.25) is 0 Å². The molecule has 0 aliphatic carbocycles. The predicted octanol–water partition coefficient (Wildman–Crippen LogP) is 5.45. The van der Waals surface area contributed by atoms with Gasteiger partial charge in [-0.3, -0.25) is 9.69 Å². The van der Waals surface area contributed by atoms with Gasteiger partial charge in [0.2, 0.25) is 0 Å². The number of hydrogen-bond donors (Lipinski definition) is 1. The van der Waals surface area contributed by atoms with Crippen LogP contribution in [-0.2, 0) is 19.5 Å². The molecule has 212 valence electrons. The molecule has 3 aromatic rings. The van der Waals surface area contributed by atoms with Gasteiger partial charge < -0.3 is 14.7 Å². The van der Waals surface area contributed by atoms with E-state index in [1.807, 2.05) is 12.1 Å². The number of quaternary nitrogens is 1. The molecule has 5 nitrogen and oxygen atoms in total. The minimum absolute atomic E-state index is 0.00446. The van der Waals surface area contributed by atoms with E-state index >= 15 is 0 Å². The molecule has 0 unspecified atom stereocenters. The van der Waals surface area contributed by atoms with Crippen LogP contribution in [0.4, 0.5) is 0 Å². The fourth-order valence-corrected chi connectivity index (χ4v) is 6.14. The summed E-state index contributed by atoms with van der Waals surface area (Å²) in [6.45, 7) is 9.67. The van der Waals surface area contributed by atoms with Crippen molar-refractivity contribution < 1.29 is 9.28 Å². The molecule has 3 aromatic carbocycles. The van der Waals surface area contributed by atoms with Crippen molar-refractivity contribution in [3.63, 3.8) is 0 Å². The Bertz CT molecular complexity index is 1290. The van der Waals surface area contributed by atoms with E-state index in [1.165, 1.54) is 54.7 Å². The summed E-state index contributed by atoms with van der Waals surface area (Å²) in [5, 5.41) is 3.15. The second-order valence-electron chi connectivity index (χ2n) is 12.8. The molecule has 2 saturated heterocycles. The highest BCUT2D eigenvalue weighted by Crippen LogP contribution is 2.24. The van der Waals surface area contributed by atoms with Crippen LogP contribution in [0.3, 0.4) is 0 Å². The summed E-state index contributed by atoms with van der Waals surface area (Å²) in [6, 6.07) is 26.3. The number of nitrogens with one attached hydrogen (secondary N) is 1. The van der Waals surface area contributed by atoms with Crippen molar-refractivity contribution in [1.82, 2.24) is 15.1 Å². The Morgan fingerprint density at radius 1 is 0.875 bits per heavy atom. The second-order valence-corrected chi connectivity index (χ2v) is 12.8. The smallest absolute Gasteiger partial charge is 0.251 e. The molecule has 5 heteroatoms. The molecule has 5 rings (SSSR count). The minimum atomic E-state index is -0.00446. The Morgan fingerprint density at radius 2 is 1.52 bits per heavy atom. The minimum Gasteiger partial charge on any atom is -0.348 e. The molecule has 2 heterocycles. The van der Waals surface area contributed by atoms with E-state index in [9.17, 15) is 4.79 Å². The average molecular weight is 540 g/mol. The van der Waals surface area contributed by atoms with Crippen LogP contribution in [0.25, 0.3) is 11.1 Å². The number of carbonyl (C=O) groups is 1. The highest BCUT2D eigenvalue weighted by atomic mass is 16.1. The normalized spacial score (nSPS) is 20.4. The maximum absolute atomic E-state index is 13.0. The van der Waals surface area contributed by atoms with Crippen LogP contribution >= 0.6 is 0 Å². The summed E-state index contributed by atoms with van der Waals surface area (Å²) < 4.78 is 1.10. The van der Waals surface area contributed by atoms with Gasteiger partial charge in [-0.2, -0.15) is 0 Å². The Labute approximate surface area is 241 Å². The monoisotopic (exact) mass is 539 g/mol. The highest BCUT2D eigenvalue weighted by Gasteiger charge is 2.31. The van der Waals surface area contributed by atoms with E-state index in [0.29, 0.717) is 18.5 Å². The number of piperazine rings is 1. The first-order chi connectivity index (χ1) is 19.2. The van der Waals surface area contributed by atoms with Crippen LogP contribution in [0, 0.1) is 5.92 Å². The Balaban J connectivity index is 1.18. The predicted molar refractivity (Wildman–Crippen MR) is 165 cm³/mol. The molecule has 2 aliphatic heterocycles. The lowest BCUT2D eigenvalue weighted by atomic mass is 9.90. The van der Waals surface area contributed by atoms with Crippen molar-refractivity contribution in [2.75, 3.05) is 53.9 Å². The molecule has 1 amide bonds. The number of likely N-dealkylation sites (tertiary alicyclic amines) is 1. The van der Waals surface area contributed by atoms with Crippen LogP contribution in [0.15, 0.2) is 72.8 Å². The summed E-state index contributed by atoms with van der Waals surface area (Å²) >= 11 is 0. The van der Waals surface area contributed by atoms with E-state index < -0.39 is 0 Å². The number of piperidine rings is 1. The highest BCUT2D eigenvalue weighted by molar-refractivity contribution is 5.94. The van der Waals surface area contributed by atoms with Crippen molar-refractivity contribution in [3.8, 4) is 11.1 Å². The molecule has 40 heavy (non-hydrogen) atoms. The lowest BCUT2D eigenvalue weighted by molar-refractivity contribution is -0.917. The van der Waals surface area contributed by atoms with Gasteiger partial charge in [0, 0.05) is 25.2 Å². The number of nitrogens with zero attached hydrogens (tertiary/aromatic N) is 3. The average Bonchev–Trinajstić information content (AvgIpc) is 2.96. The van der Waals surface area contributed by atoms with Gasteiger partial charge >= 0.3 is 0 Å². The van der Waals surface area contributed by atoms with Crippen molar-refractivity contribution in [2.45, 2.75) is 45.3 Å². The quantitative estimate of drug-likeness (QED) is 0.387. The second kappa shape index (κ2) is 12.7. The first-order valence-electron chi connectivity index (χ1n) is 15.0. The number of likely N-dealkylation sites (N-methyl/N-ethyl adjacent to an activating group) is 1. The topological polar surface area (TPSA) is 35.6 Å². The van der Waals surface area contributed by atoms with Gasteiger partial charge in [-0.05, 0) is 104 Å². The molecule has 0 spiro atoms. The number of benzene rings is 3. The largest absolute Gasteiger partial charge is 0.348 e. The van der Waals surface area contributed by atoms with Crippen LogP contribution in [0.5, 0.6) is 0 Å². The molecule has 0 saturated carbocycles. The first-order valence-corrected chi connectivity index (χ1v) is 15.0. The fourth-order valence-electron chi connectivity index (χ4n) is 6.14. The molecule has 0 bridgehead atoms. The molecule has 0 radical (unpaired) electrons. The van der Waals surface area contributed by atoms with E-state index in [1.54, 1.807) is 0 Å². The Kier molecular flexibility index (Phi) is 9.04. The van der Waals surface area contributed by atoms with Crippen LogP contribution < -0.4 is 5.32 Å². The van der Waals surface area contributed by atoms with Crippen LogP contribution in [-0.4, -0.2) is 80.1 Å². The van der Waals surface area contributed by atoms with Crippen molar-refractivity contribution >= 4 is 5.91 Å². The summed E-state index contributed by atoms with van der Waals surface area (Å²) in [5.74, 6) is 0.709. The SMILES string of the molecule is C[C@H]1CN(Cc2cccc(-c3cccc(CNC(=O)c4cccc(CC5CCN(C)CC5)c4)c3)c2)CC[N+]1(C)C. The standard InChI is InChI=1S/C35H46N4O/c1-27-25-38(18-19-39(27,3)4)26-31-10-7-12-33(23-31)32-11-6-9-30(22-32)24-36-35(40)34-13-5-8-29(21-34)20-28-14-16-37(2)17-15-28/h5-13,21-23,27-28H,14-20,24-26H2,1-4H3/p+1/t27-/m0/s1. The van der Waals surface area contributed by atoms with Gasteiger partial charge in [0.1, 0.15) is 0 Å². The van der Waals surface area contributed by atoms with Crippen molar-refractivity contribution in [3.05, 3.63) is 95.1 Å². The number of amides is 1. The molecule has 1 atom stereocenters. The summed E-state index contributed by atoms with van der Waals surface area (Å²) in [7, 11) is 6.88. The molecular formula is C35H47N4O+. The van der Waals surface area contributed by atoms with E-state index in [0.717, 1.165) is 41.7 Å². The van der Waals surface area contributed by atoms with Gasteiger partial charge in [-0.25, -0.2) is 0 Å². The summed E-state index contributed by atoms with van der Waals surface area (Å²) in [6.07, 6.45) is 3.53. The maximum atomic E-state index is 13.0. The zero-order valence-corrected chi connectivity index (χ0v) is 24.9. The zero-order chi connectivity index (χ0) is 28.1. The van der Waals surface area contributed by atoms with Gasteiger partial charge in [0.15, 0.2) is 0 Å². The summed E-state index contributed by atoms with van der Waals surface area (Å²) in [5.41, 5.74) is 6.92. The van der Waals surface area contributed by atoms with E-state index in [-0.39, 0.29) is 5.91 Å². The van der Waals surface area contributed by atoms with Gasteiger partial charge in [-0.1, -0.05) is 48.5 Å². The Morgan fingerprint density at radius 3 is 2.25 bits per heavy atom. The lowest BCUT2D eigenvalue weighted by Crippen LogP contribution is -2.59. The first kappa shape index (κ1) is 28.5. The molecular weight excluding hydrogens is 492 g/mol. The van der Waals surface area contributed by atoms with E-state index in [2.05, 4.69) is 104 Å². The molecule has 1 N–H and O–H groups in total. The number of carbonyl (C=O) groups excluding carboxylic acids is 1. The number of hydrogen-bond acceptors (Lipinski definition) is 3. The third-order valence-corrected chi connectivity index (χ3v) is 9.31. The third-order valence-electron chi connectivity index (χ3n) is 9.31. The van der Waals surface area contributed by atoms with E-state index in [4.69, 9.17) is 0 Å². The van der Waals surface area contributed by atoms with Gasteiger partial charge in [-0.15, -0.1) is 0 Å². The number of rotatable bonds is 8. The summed E-state index contributed by atoms with van der Waals surface area (Å²) in [4.78, 5) is 18.0. The molecule has 2 fully saturated rings. The van der Waals surface area contributed by atoms with Crippen LogP contribution in [0.1, 0.15) is 46.8 Å². The van der Waals surface area contributed by atoms with Gasteiger partial charge in [0.25, 0.3) is 5.91 Å². The van der Waals surface area contributed by atoms with Gasteiger partial charge in [0.05, 0.1) is 33.2 Å². The van der Waals surface area contributed by atoms with Crippen molar-refractivity contribution in [1.29, 1.82) is 0 Å². The maximum Gasteiger partial charge on any atom is 0.251 e. The fraction of sp³-hybridized carbons (Fsp3) is 0.457. The molecule has 0 aromatic heterocycles. The van der Waals surface area contributed by atoms with Crippen molar-refractivity contribution in [2.24, 2.45) is 5.92 Å². The third kappa shape index (κ3) is 7.39. The molecule has 2 aliphatic rings. The lowest BCUT2D eigenvalue weighted by Gasteiger charge is -2.44.